The molecule has 160 valence electrons. The minimum Gasteiger partial charge on any atom is -0.354 e. The van der Waals surface area contributed by atoms with Crippen molar-refractivity contribution in [2.24, 2.45) is 5.92 Å². The topological polar surface area (TPSA) is 64.7 Å². The first-order valence-corrected chi connectivity index (χ1v) is 10.4. The van der Waals surface area contributed by atoms with Gasteiger partial charge >= 0.3 is 0 Å². The van der Waals surface area contributed by atoms with E-state index in [1.807, 2.05) is 30.4 Å². The van der Waals surface area contributed by atoms with Crippen molar-refractivity contribution in [3.63, 3.8) is 0 Å². The van der Waals surface area contributed by atoms with Crippen molar-refractivity contribution in [1.29, 1.82) is 0 Å². The highest BCUT2D eigenvalue weighted by atomic mass is 35.5. The van der Waals surface area contributed by atoms with Gasteiger partial charge in [-0.3, -0.25) is 9.59 Å². The number of likely N-dealkylation sites (tertiary alicyclic amines) is 1. The standard InChI is InChI=1S/C19H30N4O2S.2ClH/c1-22(2)13-15-7-10-26-17(15)19(25)23-9-4-5-14(12-23)11-21-18(24)16-6-3-8-20-16;;/h7,10,14,16,20H,3-6,8-9,11-13H2,1-2H3,(H,21,24);2*1H. The van der Waals surface area contributed by atoms with E-state index in [4.69, 9.17) is 0 Å². The predicted octanol–water partition coefficient (Wildman–Crippen LogP) is 2.37. The second-order valence-electron chi connectivity index (χ2n) is 7.67. The number of rotatable bonds is 6. The third-order valence-electron chi connectivity index (χ3n) is 5.18. The lowest BCUT2D eigenvalue weighted by molar-refractivity contribution is -0.123. The minimum atomic E-state index is -0.0314. The average molecular weight is 451 g/mol. The van der Waals surface area contributed by atoms with Gasteiger partial charge in [0, 0.05) is 26.2 Å². The Hall–Kier alpha value is -0.860. The van der Waals surface area contributed by atoms with Crippen LogP contribution in [0.3, 0.4) is 0 Å². The van der Waals surface area contributed by atoms with Crippen LogP contribution in [0.15, 0.2) is 11.4 Å². The zero-order valence-electron chi connectivity index (χ0n) is 16.6. The van der Waals surface area contributed by atoms with Crippen LogP contribution in [0, 0.1) is 5.92 Å². The Bertz CT molecular complexity index is 635. The van der Waals surface area contributed by atoms with Crippen LogP contribution in [-0.2, 0) is 11.3 Å². The molecule has 3 rings (SSSR count). The lowest BCUT2D eigenvalue weighted by Crippen LogP contribution is -2.46. The number of thiophene rings is 1. The second kappa shape index (κ2) is 12.0. The van der Waals surface area contributed by atoms with E-state index in [1.54, 1.807) is 0 Å². The number of hydrogen-bond donors (Lipinski definition) is 2. The number of amides is 2. The Morgan fingerprint density at radius 2 is 2.07 bits per heavy atom. The highest BCUT2D eigenvalue weighted by Gasteiger charge is 2.28. The normalized spacial score (nSPS) is 21.8. The van der Waals surface area contributed by atoms with Crippen molar-refractivity contribution in [2.45, 2.75) is 38.3 Å². The van der Waals surface area contributed by atoms with Crippen molar-refractivity contribution in [3.05, 3.63) is 21.9 Å². The monoisotopic (exact) mass is 450 g/mol. The first kappa shape index (κ1) is 25.2. The van der Waals surface area contributed by atoms with E-state index < -0.39 is 0 Å². The molecule has 2 aliphatic heterocycles. The summed E-state index contributed by atoms with van der Waals surface area (Å²) in [5.41, 5.74) is 1.10. The number of halogens is 2. The Balaban J connectivity index is 0.00000196. The summed E-state index contributed by atoms with van der Waals surface area (Å²) in [6.07, 6.45) is 4.06. The Morgan fingerprint density at radius 1 is 1.29 bits per heavy atom. The van der Waals surface area contributed by atoms with Gasteiger partial charge in [0.25, 0.3) is 5.91 Å². The SMILES string of the molecule is CN(C)Cc1ccsc1C(=O)N1CCCC(CNC(=O)C2CCCN2)C1.Cl.Cl. The van der Waals surface area contributed by atoms with Gasteiger partial charge in [0.2, 0.25) is 5.91 Å². The van der Waals surface area contributed by atoms with Gasteiger partial charge in [0.1, 0.15) is 0 Å². The molecule has 2 atom stereocenters. The van der Waals surface area contributed by atoms with E-state index in [9.17, 15) is 9.59 Å². The first-order valence-electron chi connectivity index (χ1n) is 9.56. The molecule has 0 aliphatic carbocycles. The largest absolute Gasteiger partial charge is 0.354 e. The van der Waals surface area contributed by atoms with Gasteiger partial charge in [-0.2, -0.15) is 0 Å². The third-order valence-corrected chi connectivity index (χ3v) is 6.12. The molecule has 2 saturated heterocycles. The maximum absolute atomic E-state index is 13.0. The van der Waals surface area contributed by atoms with Crippen LogP contribution in [0.2, 0.25) is 0 Å². The second-order valence-corrected chi connectivity index (χ2v) is 8.58. The zero-order valence-corrected chi connectivity index (χ0v) is 19.1. The molecule has 0 spiro atoms. The lowest BCUT2D eigenvalue weighted by Gasteiger charge is -2.33. The molecule has 2 N–H and O–H groups in total. The number of nitrogens with one attached hydrogen (secondary N) is 2. The van der Waals surface area contributed by atoms with Crippen molar-refractivity contribution in [1.82, 2.24) is 20.4 Å². The zero-order chi connectivity index (χ0) is 18.5. The molecule has 28 heavy (non-hydrogen) atoms. The van der Waals surface area contributed by atoms with Gasteiger partial charge in [0.05, 0.1) is 10.9 Å². The van der Waals surface area contributed by atoms with Crippen molar-refractivity contribution >= 4 is 48.0 Å². The van der Waals surface area contributed by atoms with Gasteiger partial charge in [-0.15, -0.1) is 36.2 Å². The van der Waals surface area contributed by atoms with Crippen LogP contribution in [0.1, 0.15) is 40.9 Å². The highest BCUT2D eigenvalue weighted by molar-refractivity contribution is 7.12. The van der Waals surface area contributed by atoms with Crippen LogP contribution in [0.4, 0.5) is 0 Å². The van der Waals surface area contributed by atoms with Crippen LogP contribution in [-0.4, -0.2) is 67.9 Å². The van der Waals surface area contributed by atoms with Gasteiger partial charge in [-0.05, 0) is 69.3 Å². The third kappa shape index (κ3) is 6.59. The van der Waals surface area contributed by atoms with E-state index in [2.05, 4.69) is 15.5 Å². The fourth-order valence-electron chi connectivity index (χ4n) is 3.82. The molecule has 9 heteroatoms. The van der Waals surface area contributed by atoms with E-state index in [1.165, 1.54) is 11.3 Å². The molecular formula is C19H32Cl2N4O2S. The summed E-state index contributed by atoms with van der Waals surface area (Å²) < 4.78 is 0. The molecule has 3 heterocycles. The average Bonchev–Trinajstić information content (AvgIpc) is 3.30. The number of piperidine rings is 1. The van der Waals surface area contributed by atoms with E-state index in [0.29, 0.717) is 12.5 Å². The lowest BCUT2D eigenvalue weighted by atomic mass is 9.97. The van der Waals surface area contributed by atoms with E-state index in [-0.39, 0.29) is 42.7 Å². The molecule has 2 unspecified atom stereocenters. The summed E-state index contributed by atoms with van der Waals surface area (Å²) in [4.78, 5) is 30.1. The minimum absolute atomic E-state index is 0. The summed E-state index contributed by atoms with van der Waals surface area (Å²) in [5, 5.41) is 8.32. The first-order chi connectivity index (χ1) is 12.5. The molecule has 0 bridgehead atoms. The van der Waals surface area contributed by atoms with Crippen molar-refractivity contribution in [3.8, 4) is 0 Å². The highest BCUT2D eigenvalue weighted by Crippen LogP contribution is 2.24. The number of carbonyl (C=O) groups is 2. The quantitative estimate of drug-likeness (QED) is 0.697. The Kier molecular flexibility index (Phi) is 10.8. The van der Waals surface area contributed by atoms with Crippen LogP contribution in [0.25, 0.3) is 0 Å². The van der Waals surface area contributed by atoms with Crippen LogP contribution in [0.5, 0.6) is 0 Å². The van der Waals surface area contributed by atoms with Gasteiger partial charge in [-0.1, -0.05) is 0 Å². The summed E-state index contributed by atoms with van der Waals surface area (Å²) in [6.45, 7) is 3.92. The van der Waals surface area contributed by atoms with Crippen molar-refractivity contribution in [2.75, 3.05) is 40.3 Å². The molecule has 1 aromatic heterocycles. The van der Waals surface area contributed by atoms with Gasteiger partial charge in [0.15, 0.2) is 0 Å². The maximum atomic E-state index is 13.0. The fourth-order valence-corrected chi connectivity index (χ4v) is 4.71. The summed E-state index contributed by atoms with van der Waals surface area (Å²) >= 11 is 1.53. The van der Waals surface area contributed by atoms with E-state index >= 15 is 0 Å². The number of nitrogens with zero attached hydrogens (tertiary/aromatic N) is 2. The maximum Gasteiger partial charge on any atom is 0.264 e. The molecule has 6 nitrogen and oxygen atoms in total. The molecule has 2 aliphatic rings. The van der Waals surface area contributed by atoms with E-state index in [0.717, 1.165) is 62.3 Å². The molecule has 1 aromatic rings. The molecule has 0 aromatic carbocycles. The molecule has 2 fully saturated rings. The van der Waals surface area contributed by atoms with Crippen LogP contribution < -0.4 is 10.6 Å². The molecule has 0 saturated carbocycles. The van der Waals surface area contributed by atoms with Crippen molar-refractivity contribution < 1.29 is 9.59 Å². The Morgan fingerprint density at radius 3 is 2.75 bits per heavy atom. The molecular weight excluding hydrogens is 419 g/mol. The summed E-state index contributed by atoms with van der Waals surface area (Å²) in [5.74, 6) is 0.595. The van der Waals surface area contributed by atoms with Gasteiger partial charge in [-0.25, -0.2) is 0 Å². The Labute approximate surface area is 184 Å². The number of carbonyl (C=O) groups excluding carboxylic acids is 2. The fraction of sp³-hybridized carbons (Fsp3) is 0.684. The number of hydrogen-bond acceptors (Lipinski definition) is 5. The van der Waals surface area contributed by atoms with Crippen LogP contribution >= 0.6 is 36.2 Å². The van der Waals surface area contributed by atoms with Gasteiger partial charge < -0.3 is 20.4 Å². The molecule has 0 radical (unpaired) electrons. The predicted molar refractivity (Wildman–Crippen MR) is 119 cm³/mol. The summed E-state index contributed by atoms with van der Waals surface area (Å²) in [7, 11) is 4.04. The summed E-state index contributed by atoms with van der Waals surface area (Å²) in [6, 6.07) is 2.02. The molecule has 2 amide bonds. The smallest absolute Gasteiger partial charge is 0.264 e.